The number of ether oxygens (including phenoxy) is 3. The van der Waals surface area contributed by atoms with Crippen molar-refractivity contribution in [1.29, 1.82) is 0 Å². The second-order valence-corrected chi connectivity index (χ2v) is 10.1. The fraction of sp³-hybridized carbons (Fsp3) is 0.548. The third kappa shape index (κ3) is 6.80. The molecule has 38 heavy (non-hydrogen) atoms. The van der Waals surface area contributed by atoms with Crippen LogP contribution in [0.1, 0.15) is 64.4 Å². The Kier molecular flexibility index (Phi) is 10.9. The summed E-state index contributed by atoms with van der Waals surface area (Å²) in [6, 6.07) is 11.0. The average molecular weight is 525 g/mol. The monoisotopic (exact) mass is 524 g/mol. The number of unbranched alkanes of at least 4 members (excludes halogenated alkanes) is 6. The largest absolute Gasteiger partial charge is 0.493 e. The molecule has 2 amide bonds. The van der Waals surface area contributed by atoms with E-state index in [1.807, 2.05) is 43.3 Å². The van der Waals surface area contributed by atoms with Gasteiger partial charge in [-0.2, -0.15) is 0 Å². The lowest BCUT2D eigenvalue weighted by molar-refractivity contribution is -0.159. The highest BCUT2D eigenvalue weighted by atomic mass is 16.5. The van der Waals surface area contributed by atoms with Crippen molar-refractivity contribution < 1.29 is 23.8 Å². The van der Waals surface area contributed by atoms with Crippen LogP contribution in [0.25, 0.3) is 11.1 Å². The fourth-order valence-corrected chi connectivity index (χ4v) is 5.20. The number of carbonyl (C=O) groups excluding carboxylic acids is 2. The molecule has 0 radical (unpaired) electrons. The highest BCUT2D eigenvalue weighted by Gasteiger charge is 2.41. The summed E-state index contributed by atoms with van der Waals surface area (Å²) in [6.07, 6.45) is 8.75. The summed E-state index contributed by atoms with van der Waals surface area (Å²) in [5.41, 5.74) is 2.92. The van der Waals surface area contributed by atoms with Gasteiger partial charge in [0, 0.05) is 20.0 Å². The molecule has 0 unspecified atom stereocenters. The number of hydrogen-bond donors (Lipinski definition) is 0. The van der Waals surface area contributed by atoms with Crippen molar-refractivity contribution >= 4 is 11.8 Å². The topological polar surface area (TPSA) is 68.3 Å². The van der Waals surface area contributed by atoms with E-state index in [1.54, 1.807) is 38.2 Å². The maximum absolute atomic E-state index is 13.5. The number of amides is 2. The van der Waals surface area contributed by atoms with Crippen LogP contribution in [0.5, 0.6) is 17.2 Å². The SMILES string of the molecule is CCCCCCCCCN1C(=O)[C@H](Cc2ccc(-c3cc(OC)c(OC)c(OC)c3)cc2)N(C)C(=O)[C@@H]1C. The molecule has 1 aliphatic rings. The summed E-state index contributed by atoms with van der Waals surface area (Å²) in [5, 5.41) is 0. The molecular formula is C31H44N2O5. The predicted octanol–water partition coefficient (Wildman–Crippen LogP) is 5.73. The van der Waals surface area contributed by atoms with E-state index < -0.39 is 12.1 Å². The van der Waals surface area contributed by atoms with Crippen LogP contribution in [0.3, 0.4) is 0 Å². The summed E-state index contributed by atoms with van der Waals surface area (Å²) < 4.78 is 16.4. The minimum atomic E-state index is -0.490. The number of piperazine rings is 1. The van der Waals surface area contributed by atoms with Gasteiger partial charge in [0.2, 0.25) is 17.6 Å². The van der Waals surface area contributed by atoms with Gasteiger partial charge in [0.1, 0.15) is 12.1 Å². The van der Waals surface area contributed by atoms with Crippen LogP contribution in [0.4, 0.5) is 0 Å². The van der Waals surface area contributed by atoms with Gasteiger partial charge in [-0.25, -0.2) is 0 Å². The van der Waals surface area contributed by atoms with E-state index in [4.69, 9.17) is 14.2 Å². The smallest absolute Gasteiger partial charge is 0.246 e. The summed E-state index contributed by atoms with van der Waals surface area (Å²) in [5.74, 6) is 1.78. The lowest BCUT2D eigenvalue weighted by Gasteiger charge is -2.42. The Labute approximate surface area is 228 Å². The Bertz CT molecular complexity index is 1040. The van der Waals surface area contributed by atoms with E-state index in [1.165, 1.54) is 32.1 Å². The van der Waals surface area contributed by atoms with E-state index in [2.05, 4.69) is 6.92 Å². The van der Waals surface area contributed by atoms with Crippen LogP contribution in [0.15, 0.2) is 36.4 Å². The second kappa shape index (κ2) is 14.1. The van der Waals surface area contributed by atoms with E-state index >= 15 is 0 Å². The predicted molar refractivity (Wildman–Crippen MR) is 151 cm³/mol. The zero-order valence-corrected chi connectivity index (χ0v) is 23.9. The van der Waals surface area contributed by atoms with Crippen molar-refractivity contribution in [2.24, 2.45) is 0 Å². The van der Waals surface area contributed by atoms with Gasteiger partial charge in [-0.15, -0.1) is 0 Å². The Morgan fingerprint density at radius 3 is 1.89 bits per heavy atom. The Morgan fingerprint density at radius 2 is 1.34 bits per heavy atom. The van der Waals surface area contributed by atoms with Crippen LogP contribution in [-0.2, 0) is 16.0 Å². The number of rotatable bonds is 14. The molecule has 0 N–H and O–H groups in total. The molecule has 2 aromatic rings. The molecule has 7 nitrogen and oxygen atoms in total. The minimum Gasteiger partial charge on any atom is -0.493 e. The quantitative estimate of drug-likeness (QED) is 0.295. The average Bonchev–Trinajstić information content (AvgIpc) is 2.94. The number of nitrogens with zero attached hydrogens (tertiary/aromatic N) is 2. The summed E-state index contributed by atoms with van der Waals surface area (Å²) in [6.45, 7) is 4.71. The van der Waals surface area contributed by atoms with E-state index in [0.717, 1.165) is 29.5 Å². The molecule has 1 saturated heterocycles. The highest BCUT2D eigenvalue weighted by Crippen LogP contribution is 2.41. The molecular weight excluding hydrogens is 480 g/mol. The van der Waals surface area contributed by atoms with Gasteiger partial charge in [0.25, 0.3) is 0 Å². The standard InChI is InChI=1S/C31H44N2O5/c1-7-8-9-10-11-12-13-18-33-22(2)30(34)32(3)26(31(33)35)19-23-14-16-24(17-15-23)25-20-27(36-4)29(38-6)28(21-25)37-5/h14-17,20-22,26H,7-13,18-19H2,1-6H3/t22-,26-/m0/s1. The molecule has 0 aliphatic carbocycles. The number of methoxy groups -OCH3 is 3. The molecule has 208 valence electrons. The van der Waals surface area contributed by atoms with Crippen molar-refractivity contribution in [3.05, 3.63) is 42.0 Å². The van der Waals surface area contributed by atoms with E-state index in [9.17, 15) is 9.59 Å². The van der Waals surface area contributed by atoms with Crippen molar-refractivity contribution in [3.8, 4) is 28.4 Å². The molecule has 1 aliphatic heterocycles. The van der Waals surface area contributed by atoms with Crippen LogP contribution in [0, 0.1) is 0 Å². The molecule has 0 saturated carbocycles. The number of benzene rings is 2. The molecule has 3 rings (SSSR count). The first-order valence-corrected chi connectivity index (χ1v) is 13.8. The first-order valence-electron chi connectivity index (χ1n) is 13.8. The molecule has 7 heteroatoms. The van der Waals surface area contributed by atoms with Crippen LogP contribution >= 0.6 is 0 Å². The highest BCUT2D eigenvalue weighted by molar-refractivity contribution is 5.96. The van der Waals surface area contributed by atoms with Crippen LogP contribution < -0.4 is 14.2 Å². The van der Waals surface area contributed by atoms with Crippen molar-refractivity contribution in [2.75, 3.05) is 34.9 Å². The van der Waals surface area contributed by atoms with Gasteiger partial charge in [0.05, 0.1) is 21.3 Å². The second-order valence-electron chi connectivity index (χ2n) is 10.1. The van der Waals surface area contributed by atoms with E-state index in [0.29, 0.717) is 30.2 Å². The third-order valence-corrected chi connectivity index (χ3v) is 7.59. The molecule has 2 aromatic carbocycles. The van der Waals surface area contributed by atoms with Crippen molar-refractivity contribution in [2.45, 2.75) is 77.3 Å². The van der Waals surface area contributed by atoms with Crippen LogP contribution in [-0.4, -0.2) is 68.6 Å². The maximum atomic E-state index is 13.5. The van der Waals surface area contributed by atoms with Crippen LogP contribution in [0.2, 0.25) is 0 Å². The lowest BCUT2D eigenvalue weighted by atomic mass is 9.96. The maximum Gasteiger partial charge on any atom is 0.246 e. The number of likely N-dealkylation sites (N-methyl/N-ethyl adjacent to an activating group) is 1. The number of hydrogen-bond acceptors (Lipinski definition) is 5. The summed E-state index contributed by atoms with van der Waals surface area (Å²) >= 11 is 0. The molecule has 0 spiro atoms. The molecule has 2 atom stereocenters. The van der Waals surface area contributed by atoms with Gasteiger partial charge >= 0.3 is 0 Å². The van der Waals surface area contributed by atoms with E-state index in [-0.39, 0.29) is 11.8 Å². The minimum absolute atomic E-state index is 0.00610. The van der Waals surface area contributed by atoms with Gasteiger partial charge in [-0.3, -0.25) is 9.59 Å². The Morgan fingerprint density at radius 1 is 0.763 bits per heavy atom. The first-order chi connectivity index (χ1) is 18.4. The van der Waals surface area contributed by atoms with Gasteiger partial charge < -0.3 is 24.0 Å². The zero-order chi connectivity index (χ0) is 27.7. The fourth-order valence-electron chi connectivity index (χ4n) is 5.20. The molecule has 1 fully saturated rings. The third-order valence-electron chi connectivity index (χ3n) is 7.59. The first kappa shape index (κ1) is 29.3. The normalized spacial score (nSPS) is 17.6. The van der Waals surface area contributed by atoms with Gasteiger partial charge in [-0.1, -0.05) is 69.7 Å². The molecule has 1 heterocycles. The van der Waals surface area contributed by atoms with Gasteiger partial charge in [0.15, 0.2) is 11.5 Å². The van der Waals surface area contributed by atoms with Crippen molar-refractivity contribution in [3.63, 3.8) is 0 Å². The Balaban J connectivity index is 1.69. The summed E-state index contributed by atoms with van der Waals surface area (Å²) in [4.78, 5) is 29.9. The number of carbonyl (C=O) groups is 2. The summed E-state index contributed by atoms with van der Waals surface area (Å²) in [7, 11) is 6.53. The Hall–Kier alpha value is -3.22. The molecule has 0 aromatic heterocycles. The van der Waals surface area contributed by atoms with Gasteiger partial charge in [-0.05, 0) is 42.2 Å². The molecule has 0 bridgehead atoms. The lowest BCUT2D eigenvalue weighted by Crippen LogP contribution is -2.63. The zero-order valence-electron chi connectivity index (χ0n) is 23.9. The van der Waals surface area contributed by atoms with Crippen molar-refractivity contribution in [1.82, 2.24) is 9.80 Å².